The van der Waals surface area contributed by atoms with Gasteiger partial charge in [-0.3, -0.25) is 14.5 Å². The predicted molar refractivity (Wildman–Crippen MR) is 104 cm³/mol. The van der Waals surface area contributed by atoms with Crippen LogP contribution in [0.4, 0.5) is 0 Å². The normalized spacial score (nSPS) is 13.9. The van der Waals surface area contributed by atoms with E-state index in [9.17, 15) is 9.59 Å². The number of oxazole rings is 1. The minimum absolute atomic E-state index is 0.0945. The lowest BCUT2D eigenvalue weighted by molar-refractivity contribution is -0.140. The van der Waals surface area contributed by atoms with Gasteiger partial charge in [0.2, 0.25) is 11.8 Å². The van der Waals surface area contributed by atoms with Crippen LogP contribution >= 0.6 is 11.8 Å². The Bertz CT molecular complexity index is 897. The Morgan fingerprint density at radius 3 is 2.33 bits per heavy atom. The molecule has 0 aliphatic carbocycles. The molecule has 136 valence electrons. The minimum atomic E-state index is -0.191. The fourth-order valence-corrected chi connectivity index (χ4v) is 3.75. The highest BCUT2D eigenvalue weighted by molar-refractivity contribution is 7.99. The van der Waals surface area contributed by atoms with Crippen LogP contribution in [0.15, 0.2) is 70.3 Å². The zero-order chi connectivity index (χ0) is 18.6. The standard InChI is InChI=1S/C21H18N2O3S/c24-17-12-7-13-23(17)18(25)14-27-21-22-19(15-8-3-1-4-9-15)20(26-21)16-10-5-2-6-11-16/h1-6,8-11H,7,12-14H2. The van der Waals surface area contributed by atoms with Gasteiger partial charge >= 0.3 is 0 Å². The van der Waals surface area contributed by atoms with E-state index < -0.39 is 0 Å². The molecule has 2 heterocycles. The van der Waals surface area contributed by atoms with Crippen molar-refractivity contribution in [2.24, 2.45) is 0 Å². The number of likely N-dealkylation sites (tertiary alicyclic amines) is 1. The number of carbonyl (C=O) groups is 2. The number of benzene rings is 2. The predicted octanol–water partition coefficient (Wildman–Crippen LogP) is 4.25. The minimum Gasteiger partial charge on any atom is -0.431 e. The first kappa shape index (κ1) is 17.5. The van der Waals surface area contributed by atoms with Gasteiger partial charge in [0.05, 0.1) is 5.75 Å². The lowest BCUT2D eigenvalue weighted by atomic mass is 10.1. The summed E-state index contributed by atoms with van der Waals surface area (Å²) in [4.78, 5) is 29.9. The average Bonchev–Trinajstić information content (AvgIpc) is 3.34. The molecule has 6 heteroatoms. The van der Waals surface area contributed by atoms with E-state index in [1.807, 2.05) is 60.7 Å². The Balaban J connectivity index is 1.60. The molecule has 1 aliphatic heterocycles. The van der Waals surface area contributed by atoms with E-state index in [1.54, 1.807) is 0 Å². The smallest absolute Gasteiger partial charge is 0.257 e. The molecule has 5 nitrogen and oxygen atoms in total. The van der Waals surface area contributed by atoms with Gasteiger partial charge in [-0.25, -0.2) is 4.98 Å². The molecule has 0 N–H and O–H groups in total. The van der Waals surface area contributed by atoms with Crippen molar-refractivity contribution in [3.8, 4) is 22.6 Å². The van der Waals surface area contributed by atoms with Gasteiger partial charge in [0.15, 0.2) is 5.76 Å². The molecular formula is C21H18N2O3S. The summed E-state index contributed by atoms with van der Waals surface area (Å²) in [7, 11) is 0. The van der Waals surface area contributed by atoms with Gasteiger partial charge in [0.1, 0.15) is 5.69 Å². The number of amides is 2. The van der Waals surface area contributed by atoms with E-state index in [-0.39, 0.29) is 17.6 Å². The van der Waals surface area contributed by atoms with Crippen molar-refractivity contribution < 1.29 is 14.0 Å². The van der Waals surface area contributed by atoms with Crippen molar-refractivity contribution in [1.82, 2.24) is 9.88 Å². The molecule has 27 heavy (non-hydrogen) atoms. The first-order chi connectivity index (χ1) is 13.2. The highest BCUT2D eigenvalue weighted by Gasteiger charge is 2.27. The van der Waals surface area contributed by atoms with Crippen molar-refractivity contribution in [3.63, 3.8) is 0 Å². The van der Waals surface area contributed by atoms with E-state index in [4.69, 9.17) is 4.42 Å². The molecule has 1 aromatic heterocycles. The van der Waals surface area contributed by atoms with Crippen LogP contribution in [0.2, 0.25) is 0 Å². The average molecular weight is 378 g/mol. The summed E-state index contributed by atoms with van der Waals surface area (Å²) in [6, 6.07) is 19.6. The van der Waals surface area contributed by atoms with Crippen molar-refractivity contribution in [1.29, 1.82) is 0 Å². The van der Waals surface area contributed by atoms with E-state index in [2.05, 4.69) is 4.98 Å². The van der Waals surface area contributed by atoms with Crippen LogP contribution in [-0.4, -0.2) is 34.0 Å². The van der Waals surface area contributed by atoms with Crippen LogP contribution in [0.1, 0.15) is 12.8 Å². The van der Waals surface area contributed by atoms with Crippen LogP contribution in [-0.2, 0) is 9.59 Å². The summed E-state index contributed by atoms with van der Waals surface area (Å²) in [6.07, 6.45) is 1.19. The maximum absolute atomic E-state index is 12.3. The van der Waals surface area contributed by atoms with Gasteiger partial charge in [-0.2, -0.15) is 0 Å². The molecule has 1 aliphatic rings. The molecule has 3 aromatic rings. The van der Waals surface area contributed by atoms with Crippen LogP contribution in [0.25, 0.3) is 22.6 Å². The molecule has 0 saturated carbocycles. The van der Waals surface area contributed by atoms with Crippen molar-refractivity contribution in [3.05, 3.63) is 60.7 Å². The summed E-state index contributed by atoms with van der Waals surface area (Å²) in [5, 5.41) is 0.424. The fourth-order valence-electron chi connectivity index (χ4n) is 3.05. The molecule has 1 saturated heterocycles. The van der Waals surface area contributed by atoms with Gasteiger partial charge in [0.25, 0.3) is 5.22 Å². The second-order valence-electron chi connectivity index (χ2n) is 6.22. The molecular weight excluding hydrogens is 360 g/mol. The zero-order valence-electron chi connectivity index (χ0n) is 14.6. The van der Waals surface area contributed by atoms with E-state index in [0.29, 0.717) is 23.9 Å². The zero-order valence-corrected chi connectivity index (χ0v) is 15.4. The number of aromatic nitrogens is 1. The van der Waals surface area contributed by atoms with Crippen LogP contribution < -0.4 is 0 Å². The van der Waals surface area contributed by atoms with Crippen LogP contribution in [0.3, 0.4) is 0 Å². The Hall–Kier alpha value is -2.86. The molecule has 1 fully saturated rings. The summed E-state index contributed by atoms with van der Waals surface area (Å²) in [5.74, 6) is 0.523. The van der Waals surface area contributed by atoms with Gasteiger partial charge < -0.3 is 4.42 Å². The highest BCUT2D eigenvalue weighted by atomic mass is 32.2. The lowest BCUT2D eigenvalue weighted by Crippen LogP contribution is -2.33. The first-order valence-electron chi connectivity index (χ1n) is 8.80. The van der Waals surface area contributed by atoms with E-state index in [1.165, 1.54) is 16.7 Å². The van der Waals surface area contributed by atoms with Gasteiger partial charge in [-0.05, 0) is 6.42 Å². The number of thioether (sulfide) groups is 1. The number of imide groups is 1. The first-order valence-corrected chi connectivity index (χ1v) is 9.78. The number of hydrogen-bond acceptors (Lipinski definition) is 5. The van der Waals surface area contributed by atoms with Crippen molar-refractivity contribution >= 4 is 23.6 Å². The third-order valence-corrected chi connectivity index (χ3v) is 5.20. The van der Waals surface area contributed by atoms with Gasteiger partial charge in [-0.15, -0.1) is 0 Å². The van der Waals surface area contributed by atoms with Crippen molar-refractivity contribution in [2.75, 3.05) is 12.3 Å². The molecule has 2 amide bonds. The Kier molecular flexibility index (Phi) is 5.07. The highest BCUT2D eigenvalue weighted by Crippen LogP contribution is 2.35. The topological polar surface area (TPSA) is 63.4 Å². The summed E-state index contributed by atoms with van der Waals surface area (Å²) < 4.78 is 5.99. The number of hydrogen-bond donors (Lipinski definition) is 0. The summed E-state index contributed by atoms with van der Waals surface area (Å²) in [5.41, 5.74) is 2.62. The van der Waals surface area contributed by atoms with Crippen LogP contribution in [0.5, 0.6) is 0 Å². The monoisotopic (exact) mass is 378 g/mol. The van der Waals surface area contributed by atoms with Gasteiger partial charge in [-0.1, -0.05) is 72.4 Å². The molecule has 0 bridgehead atoms. The summed E-state index contributed by atoms with van der Waals surface area (Å²) >= 11 is 1.22. The lowest BCUT2D eigenvalue weighted by Gasteiger charge is -2.11. The maximum atomic E-state index is 12.3. The third-order valence-electron chi connectivity index (χ3n) is 4.38. The second-order valence-corrected chi connectivity index (χ2v) is 7.15. The second kappa shape index (κ2) is 7.80. The Labute approximate surface area is 161 Å². The van der Waals surface area contributed by atoms with Gasteiger partial charge in [0, 0.05) is 24.1 Å². The van der Waals surface area contributed by atoms with Crippen molar-refractivity contribution in [2.45, 2.75) is 18.1 Å². The molecule has 4 rings (SSSR count). The number of nitrogens with zero attached hydrogens (tertiary/aromatic N) is 2. The number of carbonyl (C=O) groups excluding carboxylic acids is 2. The van der Waals surface area contributed by atoms with E-state index in [0.717, 1.165) is 23.2 Å². The number of rotatable bonds is 5. The molecule has 0 unspecified atom stereocenters. The van der Waals surface area contributed by atoms with E-state index >= 15 is 0 Å². The molecule has 2 aromatic carbocycles. The Morgan fingerprint density at radius 1 is 1.04 bits per heavy atom. The fraction of sp³-hybridized carbons (Fsp3) is 0.190. The molecule has 0 spiro atoms. The molecule has 0 atom stereocenters. The third kappa shape index (κ3) is 3.80. The van der Waals surface area contributed by atoms with Crippen LogP contribution in [0, 0.1) is 0 Å². The quantitative estimate of drug-likeness (QED) is 0.621. The Morgan fingerprint density at radius 2 is 1.70 bits per heavy atom. The summed E-state index contributed by atoms with van der Waals surface area (Å²) in [6.45, 7) is 0.508. The maximum Gasteiger partial charge on any atom is 0.257 e. The largest absolute Gasteiger partial charge is 0.431 e. The SMILES string of the molecule is O=C1CCCN1C(=O)CSc1nc(-c2ccccc2)c(-c2ccccc2)o1. The molecule has 0 radical (unpaired) electrons.